The van der Waals surface area contributed by atoms with Gasteiger partial charge in [0.25, 0.3) is 0 Å². The van der Waals surface area contributed by atoms with Crippen molar-refractivity contribution in [2.75, 3.05) is 44.6 Å². The summed E-state index contributed by atoms with van der Waals surface area (Å²) in [6.07, 6.45) is 5.92. The molecule has 11 heteroatoms. The topological polar surface area (TPSA) is 97.8 Å². The Kier molecular flexibility index (Phi) is 7.68. The Morgan fingerprint density at radius 3 is 2.57 bits per heavy atom. The summed E-state index contributed by atoms with van der Waals surface area (Å²) >= 11 is 0. The van der Waals surface area contributed by atoms with Gasteiger partial charge in [-0.3, -0.25) is 9.69 Å². The number of amides is 1. The van der Waals surface area contributed by atoms with E-state index in [0.29, 0.717) is 63.8 Å². The van der Waals surface area contributed by atoms with Gasteiger partial charge < -0.3 is 24.8 Å². The summed E-state index contributed by atoms with van der Waals surface area (Å²) in [7, 11) is 3.04. The number of benzene rings is 3. The van der Waals surface area contributed by atoms with Crippen molar-refractivity contribution < 1.29 is 27.8 Å². The Bertz CT molecular complexity index is 1670. The smallest absolute Gasteiger partial charge is 0.248 e. The largest absolute Gasteiger partial charge is 0.495 e. The number of aromatic nitrogens is 2. The molecule has 2 unspecified atom stereocenters. The molecule has 6 rings (SSSR count). The van der Waals surface area contributed by atoms with E-state index in [2.05, 4.69) is 25.5 Å². The van der Waals surface area contributed by atoms with Gasteiger partial charge in [0.05, 0.1) is 44.3 Å². The molecule has 4 aromatic rings. The number of rotatable bonds is 9. The third kappa shape index (κ3) is 5.48. The molecule has 1 aromatic heterocycles. The third-order valence-electron chi connectivity index (χ3n) is 7.60. The Labute approximate surface area is 241 Å². The van der Waals surface area contributed by atoms with Crippen molar-refractivity contribution in [2.45, 2.75) is 18.5 Å². The summed E-state index contributed by atoms with van der Waals surface area (Å²) in [5.41, 5.74) is 2.28. The summed E-state index contributed by atoms with van der Waals surface area (Å²) in [6.45, 7) is 2.16. The summed E-state index contributed by atoms with van der Waals surface area (Å²) < 4.78 is 44.6. The van der Waals surface area contributed by atoms with Crippen LogP contribution in [0.5, 0.6) is 11.5 Å². The predicted molar refractivity (Wildman–Crippen MR) is 155 cm³/mol. The number of anilines is 3. The van der Waals surface area contributed by atoms with Crippen LogP contribution >= 0.6 is 0 Å². The van der Waals surface area contributed by atoms with E-state index >= 15 is 0 Å². The van der Waals surface area contributed by atoms with Gasteiger partial charge >= 0.3 is 0 Å². The van der Waals surface area contributed by atoms with Crippen LogP contribution in [0.2, 0.25) is 0 Å². The van der Waals surface area contributed by atoms with Gasteiger partial charge in [0.2, 0.25) is 5.91 Å². The molecule has 3 aromatic carbocycles. The zero-order valence-electron chi connectivity index (χ0n) is 23.1. The van der Waals surface area contributed by atoms with Crippen LogP contribution in [0.15, 0.2) is 67.0 Å². The van der Waals surface area contributed by atoms with Crippen LogP contribution in [0, 0.1) is 11.6 Å². The second kappa shape index (κ2) is 11.7. The highest BCUT2D eigenvalue weighted by Gasteiger charge is 2.41. The van der Waals surface area contributed by atoms with Crippen LogP contribution in [-0.4, -0.2) is 66.8 Å². The quantitative estimate of drug-likeness (QED) is 0.260. The maximum absolute atomic E-state index is 14.5. The number of ether oxygens (including phenoxy) is 3. The van der Waals surface area contributed by atoms with Crippen molar-refractivity contribution in [2.24, 2.45) is 0 Å². The Morgan fingerprint density at radius 2 is 1.83 bits per heavy atom. The Morgan fingerprint density at radius 1 is 1.02 bits per heavy atom. The zero-order chi connectivity index (χ0) is 29.2. The van der Waals surface area contributed by atoms with Crippen molar-refractivity contribution in [3.63, 3.8) is 0 Å². The molecule has 2 fully saturated rings. The van der Waals surface area contributed by atoms with Crippen LogP contribution in [0.3, 0.4) is 0 Å². The highest BCUT2D eigenvalue weighted by molar-refractivity contribution is 6.03. The number of morpholine rings is 1. The van der Waals surface area contributed by atoms with Gasteiger partial charge in [-0.15, -0.1) is 0 Å². The van der Waals surface area contributed by atoms with Crippen molar-refractivity contribution in [1.82, 2.24) is 14.9 Å². The molecular formula is C31H29F2N5O4. The number of carbonyl (C=O) groups excluding carboxylic acids is 1. The molecule has 2 N–H and O–H groups in total. The van der Waals surface area contributed by atoms with Crippen molar-refractivity contribution in [3.8, 4) is 22.6 Å². The molecule has 9 nitrogen and oxygen atoms in total. The van der Waals surface area contributed by atoms with E-state index < -0.39 is 11.6 Å². The summed E-state index contributed by atoms with van der Waals surface area (Å²) in [6, 6.07) is 12.8. The SMILES string of the molecule is COc1cc2ncnc(Nc3cc(-c4ccc(F)cc4F)ccc3OC)c2cc1NC(=O)/C=C/CN1C2COCC1C2. The summed E-state index contributed by atoms with van der Waals surface area (Å²) in [5, 5.41) is 6.75. The number of nitrogens with one attached hydrogen (secondary N) is 2. The van der Waals surface area contributed by atoms with E-state index in [1.165, 1.54) is 38.8 Å². The molecule has 42 heavy (non-hydrogen) atoms. The molecule has 0 aliphatic carbocycles. The average molecular weight is 574 g/mol. The van der Waals surface area contributed by atoms with Gasteiger partial charge in [-0.1, -0.05) is 12.1 Å². The number of hydrogen-bond donors (Lipinski definition) is 2. The van der Waals surface area contributed by atoms with E-state index in [0.717, 1.165) is 25.7 Å². The van der Waals surface area contributed by atoms with Gasteiger partial charge in [-0.25, -0.2) is 18.7 Å². The van der Waals surface area contributed by atoms with Crippen LogP contribution in [-0.2, 0) is 9.53 Å². The van der Waals surface area contributed by atoms with Gasteiger partial charge in [0, 0.05) is 47.8 Å². The second-order valence-corrected chi connectivity index (χ2v) is 10.1. The number of carbonyl (C=O) groups is 1. The number of nitrogens with zero attached hydrogens (tertiary/aromatic N) is 3. The van der Waals surface area contributed by atoms with Gasteiger partial charge in [0.15, 0.2) is 0 Å². The Hall–Kier alpha value is -4.61. The number of hydrogen-bond acceptors (Lipinski definition) is 8. The van der Waals surface area contributed by atoms with Gasteiger partial charge in [0.1, 0.15) is 35.3 Å². The van der Waals surface area contributed by atoms with E-state index in [4.69, 9.17) is 14.2 Å². The molecule has 0 radical (unpaired) electrons. The molecule has 216 valence electrons. The fraction of sp³-hybridized carbons (Fsp3) is 0.258. The standard InChI is InChI=1S/C31H29F2N5O4/c1-40-28-8-5-18(22-7-6-19(32)11-24(22)33)10-26(28)37-31-23-13-27(29(41-2)14-25(23)34-17-35-31)36-30(39)4-3-9-38-20-12-21(38)16-42-15-20/h3-8,10-11,13-14,17,20-21H,9,12,15-16H2,1-2H3,(H,36,39)(H,34,35,37)/b4-3+. The van der Waals surface area contributed by atoms with Gasteiger partial charge in [-0.2, -0.15) is 0 Å². The fourth-order valence-corrected chi connectivity index (χ4v) is 5.44. The minimum Gasteiger partial charge on any atom is -0.495 e. The lowest BCUT2D eigenvalue weighted by Crippen LogP contribution is -2.63. The van der Waals surface area contributed by atoms with Crippen LogP contribution in [0.1, 0.15) is 6.42 Å². The first-order valence-electron chi connectivity index (χ1n) is 13.5. The summed E-state index contributed by atoms with van der Waals surface area (Å²) in [5.74, 6) is -0.278. The van der Waals surface area contributed by atoms with Crippen molar-refractivity contribution >= 4 is 34.0 Å². The molecule has 2 aliphatic rings. The average Bonchev–Trinajstić information content (AvgIpc) is 2.99. The first-order valence-corrected chi connectivity index (χ1v) is 13.5. The molecule has 3 heterocycles. The predicted octanol–water partition coefficient (Wildman–Crippen LogP) is 5.30. The first-order chi connectivity index (χ1) is 20.4. The lowest BCUT2D eigenvalue weighted by molar-refractivity contribution is -0.121. The summed E-state index contributed by atoms with van der Waals surface area (Å²) in [4.78, 5) is 23.9. The Balaban J connectivity index is 1.26. The number of halogens is 2. The van der Waals surface area contributed by atoms with E-state index in [-0.39, 0.29) is 11.5 Å². The monoisotopic (exact) mass is 573 g/mol. The molecule has 1 amide bonds. The molecule has 2 bridgehead atoms. The highest BCUT2D eigenvalue weighted by atomic mass is 19.1. The second-order valence-electron chi connectivity index (χ2n) is 10.1. The molecular weight excluding hydrogens is 544 g/mol. The van der Waals surface area contributed by atoms with Crippen molar-refractivity contribution in [3.05, 3.63) is 78.6 Å². The number of fused-ring (bicyclic) bond motifs is 3. The lowest BCUT2D eigenvalue weighted by Gasteiger charge is -2.52. The molecule has 2 aliphatic heterocycles. The van der Waals surface area contributed by atoms with Crippen LogP contribution < -0.4 is 20.1 Å². The normalized spacial score (nSPS) is 18.1. The molecule has 2 atom stereocenters. The molecule has 0 saturated carbocycles. The molecule has 0 spiro atoms. The van der Waals surface area contributed by atoms with E-state index in [9.17, 15) is 13.6 Å². The maximum Gasteiger partial charge on any atom is 0.248 e. The lowest BCUT2D eigenvalue weighted by atomic mass is 9.91. The fourth-order valence-electron chi connectivity index (χ4n) is 5.44. The van der Waals surface area contributed by atoms with Crippen LogP contribution in [0.4, 0.5) is 26.0 Å². The molecule has 2 saturated heterocycles. The minimum absolute atomic E-state index is 0.239. The van der Waals surface area contributed by atoms with Crippen molar-refractivity contribution in [1.29, 1.82) is 0 Å². The number of methoxy groups -OCH3 is 2. The van der Waals surface area contributed by atoms with Gasteiger partial charge in [-0.05, 0) is 42.3 Å². The zero-order valence-corrected chi connectivity index (χ0v) is 23.1. The minimum atomic E-state index is -0.679. The first kappa shape index (κ1) is 27.6. The van der Waals surface area contributed by atoms with E-state index in [1.807, 2.05) is 6.08 Å². The third-order valence-corrected chi connectivity index (χ3v) is 7.60. The maximum atomic E-state index is 14.5. The van der Waals surface area contributed by atoms with E-state index in [1.54, 1.807) is 30.3 Å². The van der Waals surface area contributed by atoms with Crippen LogP contribution in [0.25, 0.3) is 22.0 Å². The highest BCUT2D eigenvalue weighted by Crippen LogP contribution is 2.37.